The fraction of sp³-hybridized carbons (Fsp3) is 0.357. The summed E-state index contributed by atoms with van der Waals surface area (Å²) in [5, 5.41) is 0. The molecule has 2 heteroatoms. The molecule has 0 spiro atoms. The van der Waals surface area contributed by atoms with E-state index in [1.807, 2.05) is 6.92 Å². The number of aromatic nitrogens is 1. The molecule has 2 aromatic rings. The lowest BCUT2D eigenvalue weighted by atomic mass is 9.94. The first-order chi connectivity index (χ1) is 7.75. The lowest BCUT2D eigenvalue weighted by molar-refractivity contribution is 0.473. The molecular formula is C14H15NO. The predicted molar refractivity (Wildman–Crippen MR) is 62.6 cm³/mol. The van der Waals surface area contributed by atoms with Crippen molar-refractivity contribution in [2.24, 2.45) is 0 Å². The van der Waals surface area contributed by atoms with E-state index < -0.39 is 0 Å². The predicted octanol–water partition coefficient (Wildman–Crippen LogP) is 3.23. The molecule has 1 heterocycles. The highest BCUT2D eigenvalue weighted by Crippen LogP contribution is 2.33. The maximum Gasteiger partial charge on any atom is 0.191 e. The SMILES string of the molecule is Cc1nc2c(o1)CCc1ccccc1C2C. The average molecular weight is 213 g/mol. The molecule has 0 radical (unpaired) electrons. The molecule has 0 saturated heterocycles. The Kier molecular flexibility index (Phi) is 2.10. The summed E-state index contributed by atoms with van der Waals surface area (Å²) in [5.74, 6) is 2.21. The highest BCUT2D eigenvalue weighted by molar-refractivity contribution is 5.39. The quantitative estimate of drug-likeness (QED) is 0.671. The van der Waals surface area contributed by atoms with Crippen molar-refractivity contribution >= 4 is 0 Å². The van der Waals surface area contributed by atoms with E-state index in [1.165, 1.54) is 11.1 Å². The van der Waals surface area contributed by atoms with E-state index in [-0.39, 0.29) is 0 Å². The molecule has 3 rings (SSSR count). The number of aryl methyl sites for hydroxylation is 3. The van der Waals surface area contributed by atoms with Crippen LogP contribution >= 0.6 is 0 Å². The fourth-order valence-electron chi connectivity index (χ4n) is 2.58. The van der Waals surface area contributed by atoms with Crippen LogP contribution < -0.4 is 0 Å². The zero-order valence-electron chi connectivity index (χ0n) is 9.66. The highest BCUT2D eigenvalue weighted by Gasteiger charge is 2.24. The standard InChI is InChI=1S/C14H15NO/c1-9-12-6-4-3-5-11(12)7-8-13-14(9)15-10(2)16-13/h3-6,9H,7-8H2,1-2H3. The molecule has 1 aliphatic rings. The van der Waals surface area contributed by atoms with Crippen LogP contribution in [0.25, 0.3) is 0 Å². The molecule has 1 aromatic heterocycles. The van der Waals surface area contributed by atoms with E-state index in [0.29, 0.717) is 5.92 Å². The number of rotatable bonds is 0. The Labute approximate surface area is 95.3 Å². The topological polar surface area (TPSA) is 26.0 Å². The fourth-order valence-corrected chi connectivity index (χ4v) is 2.58. The minimum absolute atomic E-state index is 0.353. The third kappa shape index (κ3) is 1.37. The summed E-state index contributed by atoms with van der Waals surface area (Å²) in [6.45, 7) is 4.14. The molecule has 2 nitrogen and oxygen atoms in total. The number of hydrogen-bond acceptors (Lipinski definition) is 2. The van der Waals surface area contributed by atoms with E-state index in [9.17, 15) is 0 Å². The van der Waals surface area contributed by atoms with Crippen LogP contribution in [0, 0.1) is 6.92 Å². The minimum atomic E-state index is 0.353. The molecule has 0 saturated carbocycles. The van der Waals surface area contributed by atoms with Crippen LogP contribution in [0.4, 0.5) is 0 Å². The van der Waals surface area contributed by atoms with Crippen molar-refractivity contribution in [3.8, 4) is 0 Å². The summed E-state index contributed by atoms with van der Waals surface area (Å²) in [4.78, 5) is 4.52. The molecule has 0 amide bonds. The Balaban J connectivity index is 2.16. The van der Waals surface area contributed by atoms with Crippen LogP contribution in [0.5, 0.6) is 0 Å². The number of nitrogens with zero attached hydrogens (tertiary/aromatic N) is 1. The van der Waals surface area contributed by atoms with Gasteiger partial charge in [-0.05, 0) is 17.5 Å². The van der Waals surface area contributed by atoms with Crippen molar-refractivity contribution in [1.82, 2.24) is 4.98 Å². The summed E-state index contributed by atoms with van der Waals surface area (Å²) in [6, 6.07) is 8.63. The second kappa shape index (κ2) is 3.48. The molecule has 0 bridgehead atoms. The third-order valence-corrected chi connectivity index (χ3v) is 3.39. The van der Waals surface area contributed by atoms with Gasteiger partial charge in [0.05, 0.1) is 5.69 Å². The normalized spacial score (nSPS) is 18.8. The second-order valence-corrected chi connectivity index (χ2v) is 4.46. The molecular weight excluding hydrogens is 198 g/mol. The Bertz CT molecular complexity index is 527. The van der Waals surface area contributed by atoms with Gasteiger partial charge in [-0.3, -0.25) is 0 Å². The zero-order valence-corrected chi connectivity index (χ0v) is 9.66. The maximum atomic E-state index is 5.68. The van der Waals surface area contributed by atoms with Gasteiger partial charge in [0.2, 0.25) is 0 Å². The van der Waals surface area contributed by atoms with Crippen molar-refractivity contribution < 1.29 is 4.42 Å². The van der Waals surface area contributed by atoms with Crippen molar-refractivity contribution in [2.45, 2.75) is 32.6 Å². The van der Waals surface area contributed by atoms with Crippen molar-refractivity contribution in [2.75, 3.05) is 0 Å². The zero-order chi connectivity index (χ0) is 11.1. The smallest absolute Gasteiger partial charge is 0.191 e. The Morgan fingerprint density at radius 3 is 2.94 bits per heavy atom. The molecule has 82 valence electrons. The van der Waals surface area contributed by atoms with Crippen LogP contribution in [-0.2, 0) is 12.8 Å². The summed E-state index contributed by atoms with van der Waals surface area (Å²) in [5.41, 5.74) is 3.96. The van der Waals surface area contributed by atoms with Gasteiger partial charge in [0.1, 0.15) is 5.76 Å². The number of hydrogen-bond donors (Lipinski definition) is 0. The first-order valence-electron chi connectivity index (χ1n) is 5.79. The third-order valence-electron chi connectivity index (χ3n) is 3.39. The first kappa shape index (κ1) is 9.64. The lowest BCUT2D eigenvalue weighted by Crippen LogP contribution is -1.99. The van der Waals surface area contributed by atoms with E-state index in [2.05, 4.69) is 36.2 Å². The molecule has 16 heavy (non-hydrogen) atoms. The highest BCUT2D eigenvalue weighted by atomic mass is 16.4. The van der Waals surface area contributed by atoms with Crippen molar-refractivity contribution in [3.05, 3.63) is 52.7 Å². The number of fused-ring (bicyclic) bond motifs is 2. The van der Waals surface area contributed by atoms with Crippen LogP contribution in [0.3, 0.4) is 0 Å². The molecule has 1 unspecified atom stereocenters. The van der Waals surface area contributed by atoms with Crippen LogP contribution in [0.1, 0.15) is 41.3 Å². The summed E-state index contributed by atoms with van der Waals surface area (Å²) < 4.78 is 5.68. The van der Waals surface area contributed by atoms with Gasteiger partial charge in [-0.2, -0.15) is 0 Å². The van der Waals surface area contributed by atoms with Gasteiger partial charge >= 0.3 is 0 Å². The van der Waals surface area contributed by atoms with E-state index in [1.54, 1.807) is 0 Å². The van der Waals surface area contributed by atoms with Crippen molar-refractivity contribution in [1.29, 1.82) is 0 Å². The molecule has 1 aliphatic carbocycles. The molecule has 0 aliphatic heterocycles. The van der Waals surface area contributed by atoms with Crippen LogP contribution in [0.2, 0.25) is 0 Å². The van der Waals surface area contributed by atoms with Gasteiger partial charge < -0.3 is 4.42 Å². The first-order valence-corrected chi connectivity index (χ1v) is 5.79. The molecule has 0 N–H and O–H groups in total. The van der Waals surface area contributed by atoms with Crippen LogP contribution in [-0.4, -0.2) is 4.98 Å². The largest absolute Gasteiger partial charge is 0.446 e. The Morgan fingerprint density at radius 1 is 1.25 bits per heavy atom. The van der Waals surface area contributed by atoms with E-state index in [0.717, 1.165) is 30.2 Å². The summed E-state index contributed by atoms with van der Waals surface area (Å²) in [7, 11) is 0. The van der Waals surface area contributed by atoms with Gasteiger partial charge in [-0.15, -0.1) is 0 Å². The maximum absolute atomic E-state index is 5.68. The van der Waals surface area contributed by atoms with Crippen molar-refractivity contribution in [3.63, 3.8) is 0 Å². The lowest BCUT2D eigenvalue weighted by Gasteiger charge is -2.11. The van der Waals surface area contributed by atoms with Crippen LogP contribution in [0.15, 0.2) is 28.7 Å². The minimum Gasteiger partial charge on any atom is -0.446 e. The van der Waals surface area contributed by atoms with Gasteiger partial charge in [0.15, 0.2) is 5.89 Å². The van der Waals surface area contributed by atoms with Gasteiger partial charge in [0.25, 0.3) is 0 Å². The summed E-state index contributed by atoms with van der Waals surface area (Å²) in [6.07, 6.45) is 2.03. The van der Waals surface area contributed by atoms with E-state index in [4.69, 9.17) is 4.42 Å². The second-order valence-electron chi connectivity index (χ2n) is 4.46. The number of oxazole rings is 1. The monoisotopic (exact) mass is 213 g/mol. The summed E-state index contributed by atoms with van der Waals surface area (Å²) >= 11 is 0. The Hall–Kier alpha value is -1.57. The van der Waals surface area contributed by atoms with E-state index >= 15 is 0 Å². The van der Waals surface area contributed by atoms with Gasteiger partial charge in [0, 0.05) is 19.3 Å². The molecule has 0 fully saturated rings. The molecule has 1 aromatic carbocycles. The Morgan fingerprint density at radius 2 is 2.06 bits per heavy atom. The average Bonchev–Trinajstić information content (AvgIpc) is 2.62. The van der Waals surface area contributed by atoms with Gasteiger partial charge in [-0.25, -0.2) is 4.98 Å². The van der Waals surface area contributed by atoms with Gasteiger partial charge in [-0.1, -0.05) is 31.2 Å². The molecule has 1 atom stereocenters. The number of benzene rings is 1.